The fraction of sp³-hybridized carbons (Fsp3) is 0.0769. The largest absolute Gasteiger partial charge is 0.455 e. The summed E-state index contributed by atoms with van der Waals surface area (Å²) in [6.07, 6.45) is 0. The number of furan rings is 1. The summed E-state index contributed by atoms with van der Waals surface area (Å²) < 4.78 is 6.46. The lowest BCUT2D eigenvalue weighted by molar-refractivity contribution is 0.660. The van der Waals surface area contributed by atoms with Gasteiger partial charge >= 0.3 is 0 Å². The second-order valence-corrected chi connectivity index (χ2v) is 15.2. The Bertz CT molecular complexity index is 2870. The standard InChI is InChI=1S/C52H36O/c1-51(2)45-21-7-3-15-39(45)42-30-27-35(32-48(42)51)34-13-11-14-37(31-34)52(46-22-8-4-16-40(46)41-17-5-9-23-47(41)52)36-28-25-33(26-29-36)38-19-12-20-44-43-18-6-10-24-49(43)53-50(38)44/h3-32H,1-2H3. The zero-order valence-corrected chi connectivity index (χ0v) is 29.7. The van der Waals surface area contributed by atoms with Crippen molar-refractivity contribution < 1.29 is 4.42 Å². The summed E-state index contributed by atoms with van der Waals surface area (Å²) in [6, 6.07) is 67.3. The highest BCUT2D eigenvalue weighted by Crippen LogP contribution is 2.57. The molecule has 1 heterocycles. The van der Waals surface area contributed by atoms with E-state index >= 15 is 0 Å². The average molecular weight is 677 g/mol. The summed E-state index contributed by atoms with van der Waals surface area (Å²) in [4.78, 5) is 0. The zero-order valence-electron chi connectivity index (χ0n) is 29.7. The summed E-state index contributed by atoms with van der Waals surface area (Å²) in [5.74, 6) is 0. The minimum atomic E-state index is -0.501. The molecule has 0 fully saturated rings. The van der Waals surface area contributed by atoms with Crippen molar-refractivity contribution in [1.82, 2.24) is 0 Å². The van der Waals surface area contributed by atoms with Crippen LogP contribution in [-0.2, 0) is 10.8 Å². The fourth-order valence-electron chi connectivity index (χ4n) is 9.71. The van der Waals surface area contributed by atoms with Gasteiger partial charge < -0.3 is 4.42 Å². The molecule has 0 N–H and O–H groups in total. The third-order valence-electron chi connectivity index (χ3n) is 12.2. The molecule has 0 amide bonds. The first-order chi connectivity index (χ1) is 26.0. The van der Waals surface area contributed by atoms with Crippen LogP contribution in [0.4, 0.5) is 0 Å². The molecular formula is C52H36O. The molecule has 0 atom stereocenters. The van der Waals surface area contributed by atoms with E-state index < -0.39 is 5.41 Å². The molecule has 0 saturated carbocycles. The Labute approximate surface area is 309 Å². The lowest BCUT2D eigenvalue weighted by Gasteiger charge is -2.34. The van der Waals surface area contributed by atoms with Crippen LogP contribution in [0.3, 0.4) is 0 Å². The van der Waals surface area contributed by atoms with Gasteiger partial charge in [0.1, 0.15) is 11.2 Å². The van der Waals surface area contributed by atoms with Gasteiger partial charge in [-0.05, 0) is 90.5 Å². The molecule has 1 aromatic heterocycles. The Balaban J connectivity index is 1.10. The van der Waals surface area contributed by atoms with Gasteiger partial charge in [-0.3, -0.25) is 0 Å². The van der Waals surface area contributed by atoms with Crippen LogP contribution in [0.1, 0.15) is 47.2 Å². The molecule has 0 aliphatic heterocycles. The lowest BCUT2D eigenvalue weighted by atomic mass is 9.67. The van der Waals surface area contributed by atoms with Crippen molar-refractivity contribution in [2.75, 3.05) is 0 Å². The van der Waals surface area contributed by atoms with Crippen LogP contribution in [0.5, 0.6) is 0 Å². The summed E-state index contributed by atoms with van der Waals surface area (Å²) in [5, 5.41) is 2.29. The lowest BCUT2D eigenvalue weighted by Crippen LogP contribution is -2.28. The first-order valence-corrected chi connectivity index (χ1v) is 18.6. The van der Waals surface area contributed by atoms with Crippen LogP contribution in [-0.4, -0.2) is 0 Å². The number of fused-ring (bicyclic) bond motifs is 9. The quantitative estimate of drug-likeness (QED) is 0.181. The topological polar surface area (TPSA) is 13.1 Å². The minimum Gasteiger partial charge on any atom is -0.455 e. The van der Waals surface area contributed by atoms with Crippen molar-refractivity contribution in [2.45, 2.75) is 24.7 Å². The number of hydrogen-bond donors (Lipinski definition) is 0. The molecule has 0 saturated heterocycles. The summed E-state index contributed by atoms with van der Waals surface area (Å²) in [7, 11) is 0. The van der Waals surface area contributed by atoms with Crippen molar-refractivity contribution in [2.24, 2.45) is 0 Å². The van der Waals surface area contributed by atoms with E-state index in [1.54, 1.807) is 0 Å². The molecule has 2 aliphatic rings. The Morgan fingerprint density at radius 1 is 0.358 bits per heavy atom. The molecular weight excluding hydrogens is 641 g/mol. The van der Waals surface area contributed by atoms with Crippen LogP contribution in [0.25, 0.3) is 66.4 Å². The van der Waals surface area contributed by atoms with Crippen LogP contribution in [0.15, 0.2) is 186 Å². The SMILES string of the molecule is CC1(C)c2ccccc2-c2ccc(-c3cccc(C4(c5ccc(-c6cccc7c6oc6ccccc67)cc5)c5ccccc5-c5ccccc54)c3)cc21. The average Bonchev–Trinajstić information content (AvgIpc) is 3.82. The molecule has 0 bridgehead atoms. The van der Waals surface area contributed by atoms with E-state index in [9.17, 15) is 0 Å². The molecule has 8 aromatic carbocycles. The van der Waals surface area contributed by atoms with Crippen LogP contribution in [0, 0.1) is 0 Å². The zero-order chi connectivity index (χ0) is 35.3. The first kappa shape index (κ1) is 30.2. The van der Waals surface area contributed by atoms with Gasteiger partial charge in [0, 0.05) is 21.8 Å². The van der Waals surface area contributed by atoms with Gasteiger partial charge in [-0.1, -0.05) is 178 Å². The summed E-state index contributed by atoms with van der Waals surface area (Å²) >= 11 is 0. The number of benzene rings is 8. The van der Waals surface area contributed by atoms with Crippen molar-refractivity contribution in [3.63, 3.8) is 0 Å². The van der Waals surface area contributed by atoms with Crippen molar-refractivity contribution in [3.05, 3.63) is 215 Å². The Morgan fingerprint density at radius 2 is 0.906 bits per heavy atom. The second kappa shape index (κ2) is 11.0. The van der Waals surface area contributed by atoms with E-state index in [0.29, 0.717) is 0 Å². The smallest absolute Gasteiger partial charge is 0.143 e. The molecule has 0 radical (unpaired) electrons. The van der Waals surface area contributed by atoms with Gasteiger partial charge in [0.05, 0.1) is 5.41 Å². The predicted octanol–water partition coefficient (Wildman–Crippen LogP) is 13.6. The number of rotatable bonds is 4. The highest BCUT2D eigenvalue weighted by Gasteiger charge is 2.46. The maximum atomic E-state index is 6.46. The van der Waals surface area contributed by atoms with Gasteiger partial charge in [0.15, 0.2) is 0 Å². The predicted molar refractivity (Wildman–Crippen MR) is 219 cm³/mol. The monoisotopic (exact) mass is 676 g/mol. The van der Waals surface area contributed by atoms with E-state index in [-0.39, 0.29) is 5.41 Å². The third-order valence-corrected chi connectivity index (χ3v) is 12.2. The molecule has 0 spiro atoms. The highest BCUT2D eigenvalue weighted by atomic mass is 16.3. The second-order valence-electron chi connectivity index (χ2n) is 15.2. The van der Waals surface area contributed by atoms with Gasteiger partial charge in [0.25, 0.3) is 0 Å². The van der Waals surface area contributed by atoms with E-state index in [1.807, 2.05) is 6.07 Å². The third kappa shape index (κ3) is 4.14. The van der Waals surface area contributed by atoms with Crippen molar-refractivity contribution in [1.29, 1.82) is 0 Å². The molecule has 2 aliphatic carbocycles. The maximum absolute atomic E-state index is 6.46. The van der Waals surface area contributed by atoms with Crippen LogP contribution >= 0.6 is 0 Å². The molecule has 1 nitrogen and oxygen atoms in total. The van der Waals surface area contributed by atoms with E-state index in [0.717, 1.165) is 33.1 Å². The highest BCUT2D eigenvalue weighted by molar-refractivity contribution is 6.09. The van der Waals surface area contributed by atoms with E-state index in [4.69, 9.17) is 4.42 Å². The fourth-order valence-corrected chi connectivity index (χ4v) is 9.71. The van der Waals surface area contributed by atoms with Crippen LogP contribution < -0.4 is 0 Å². The molecule has 53 heavy (non-hydrogen) atoms. The van der Waals surface area contributed by atoms with E-state index in [1.165, 1.54) is 66.8 Å². The maximum Gasteiger partial charge on any atom is 0.143 e. The number of para-hydroxylation sites is 2. The number of hydrogen-bond acceptors (Lipinski definition) is 1. The van der Waals surface area contributed by atoms with Gasteiger partial charge in [0.2, 0.25) is 0 Å². The minimum absolute atomic E-state index is 0.0570. The molecule has 1 heteroatoms. The normalized spacial score (nSPS) is 14.5. The summed E-state index contributed by atoms with van der Waals surface area (Å²) in [6.45, 7) is 4.72. The van der Waals surface area contributed by atoms with Crippen molar-refractivity contribution in [3.8, 4) is 44.5 Å². The first-order valence-electron chi connectivity index (χ1n) is 18.6. The summed E-state index contributed by atoms with van der Waals surface area (Å²) in [5.41, 5.74) is 19.2. The Hall–Kier alpha value is -6.44. The van der Waals surface area contributed by atoms with E-state index in [2.05, 4.69) is 190 Å². The molecule has 250 valence electrons. The molecule has 11 rings (SSSR count). The Morgan fingerprint density at radius 3 is 1.66 bits per heavy atom. The van der Waals surface area contributed by atoms with Crippen LogP contribution in [0.2, 0.25) is 0 Å². The van der Waals surface area contributed by atoms with Gasteiger partial charge in [-0.15, -0.1) is 0 Å². The van der Waals surface area contributed by atoms with Gasteiger partial charge in [-0.25, -0.2) is 0 Å². The van der Waals surface area contributed by atoms with Gasteiger partial charge in [-0.2, -0.15) is 0 Å². The molecule has 0 unspecified atom stereocenters. The Kier molecular flexibility index (Phi) is 6.29. The van der Waals surface area contributed by atoms with Crippen molar-refractivity contribution >= 4 is 21.9 Å². The molecule has 9 aromatic rings.